The van der Waals surface area contributed by atoms with Crippen molar-refractivity contribution >= 4 is 18.0 Å². The molecule has 0 aromatic heterocycles. The Labute approximate surface area is 50.5 Å². The highest BCUT2D eigenvalue weighted by Gasteiger charge is 2.15. The second kappa shape index (κ2) is 2.19. The first-order chi connectivity index (χ1) is 3.83. The first-order valence-corrected chi connectivity index (χ1v) is 2.85. The van der Waals surface area contributed by atoms with Gasteiger partial charge in [0.05, 0.1) is 0 Å². The second-order valence-corrected chi connectivity index (χ2v) is 1.95. The van der Waals surface area contributed by atoms with E-state index in [1.54, 1.807) is 0 Å². The number of hydrogen-bond acceptors (Lipinski definition) is 4. The Hall–Kier alpha value is -0.480. The van der Waals surface area contributed by atoms with Gasteiger partial charge in [-0.15, -0.1) is 0 Å². The predicted molar refractivity (Wildman–Crippen MR) is 29.2 cm³/mol. The molecule has 1 rings (SSSR count). The molecule has 0 bridgehead atoms. The van der Waals surface area contributed by atoms with Gasteiger partial charge in [0.15, 0.2) is 5.44 Å². The third kappa shape index (κ3) is 1.02. The van der Waals surface area contributed by atoms with E-state index < -0.39 is 11.4 Å². The van der Waals surface area contributed by atoms with Crippen molar-refractivity contribution < 1.29 is 14.1 Å². The van der Waals surface area contributed by atoms with Crippen molar-refractivity contribution in [1.82, 2.24) is 0 Å². The zero-order valence-corrected chi connectivity index (χ0v) is 4.72. The van der Waals surface area contributed by atoms with E-state index in [0.717, 1.165) is 0 Å². The molecule has 1 N–H and O–H groups in total. The molecule has 3 nitrogen and oxygen atoms in total. The van der Waals surface area contributed by atoms with Crippen LogP contribution in [0.5, 0.6) is 0 Å². The Morgan fingerprint density at radius 2 is 2.62 bits per heavy atom. The molecule has 0 spiro atoms. The monoisotopic (exact) mass is 132 g/mol. The lowest BCUT2D eigenvalue weighted by molar-refractivity contribution is -0.136. The van der Waals surface area contributed by atoms with Crippen LogP contribution in [0.15, 0.2) is 12.2 Å². The first-order valence-electron chi connectivity index (χ1n) is 2.02. The van der Waals surface area contributed by atoms with Gasteiger partial charge in [-0.2, -0.15) is 0 Å². The third-order valence-electron chi connectivity index (χ3n) is 0.726. The van der Waals surface area contributed by atoms with Gasteiger partial charge in [-0.1, -0.05) is 0 Å². The minimum Gasteiger partial charge on any atom is -0.441 e. The smallest absolute Gasteiger partial charge is 0.332 e. The summed E-state index contributed by atoms with van der Waals surface area (Å²) >= 11 is 0.506. The fourth-order valence-electron chi connectivity index (χ4n) is 0.407. The van der Waals surface area contributed by atoms with Crippen LogP contribution in [0.25, 0.3) is 0 Å². The molecule has 0 fully saturated rings. The maximum atomic E-state index is 10.2. The van der Waals surface area contributed by atoms with Crippen LogP contribution in [0.3, 0.4) is 0 Å². The lowest BCUT2D eigenvalue weighted by Gasteiger charge is -1.98. The highest BCUT2D eigenvalue weighted by molar-refractivity contribution is 7.94. The molecule has 0 aromatic carbocycles. The van der Waals surface area contributed by atoms with Crippen molar-refractivity contribution in [2.24, 2.45) is 0 Å². The van der Waals surface area contributed by atoms with Gasteiger partial charge in [0, 0.05) is 18.1 Å². The van der Waals surface area contributed by atoms with E-state index in [4.69, 9.17) is 4.55 Å². The van der Waals surface area contributed by atoms with Crippen molar-refractivity contribution in [2.75, 3.05) is 0 Å². The van der Waals surface area contributed by atoms with E-state index in [9.17, 15) is 4.79 Å². The fraction of sp³-hybridized carbons (Fsp3) is 0.250. The average molecular weight is 132 g/mol. The summed E-state index contributed by atoms with van der Waals surface area (Å²) in [5.74, 6) is -0.392. The summed E-state index contributed by atoms with van der Waals surface area (Å²) in [5, 5.41) is 0. The van der Waals surface area contributed by atoms with E-state index in [1.165, 1.54) is 12.2 Å². The quantitative estimate of drug-likeness (QED) is 0.420. The van der Waals surface area contributed by atoms with Gasteiger partial charge < -0.3 is 9.29 Å². The summed E-state index contributed by atoms with van der Waals surface area (Å²) < 4.78 is 12.7. The van der Waals surface area contributed by atoms with Crippen molar-refractivity contribution in [3.63, 3.8) is 0 Å². The summed E-state index contributed by atoms with van der Waals surface area (Å²) in [5.41, 5.74) is -0.484. The minimum absolute atomic E-state index is 0.392. The zero-order valence-electron chi connectivity index (χ0n) is 3.90. The second-order valence-electron chi connectivity index (χ2n) is 1.27. The molecule has 1 atom stereocenters. The summed E-state index contributed by atoms with van der Waals surface area (Å²) in [6.07, 6.45) is 2.78. The summed E-state index contributed by atoms with van der Waals surface area (Å²) in [6.45, 7) is 0. The van der Waals surface area contributed by atoms with Crippen LogP contribution < -0.4 is 0 Å². The number of carbonyl (C=O) groups excluding carboxylic acids is 1. The molecule has 0 saturated heterocycles. The number of ether oxygens (including phenoxy) is 1. The van der Waals surface area contributed by atoms with Crippen molar-refractivity contribution in [1.29, 1.82) is 0 Å². The van der Waals surface area contributed by atoms with Gasteiger partial charge in [0.25, 0.3) is 0 Å². The Balaban J connectivity index is 2.46. The molecular formula is C4H4O3S. The van der Waals surface area contributed by atoms with Crippen LogP contribution in [0, 0.1) is 0 Å². The Morgan fingerprint density at radius 3 is 2.88 bits per heavy atom. The van der Waals surface area contributed by atoms with E-state index in [1.807, 2.05) is 0 Å². The van der Waals surface area contributed by atoms with Crippen LogP contribution in [0.1, 0.15) is 0 Å². The fourth-order valence-corrected chi connectivity index (χ4v) is 0.694. The lowest BCUT2D eigenvalue weighted by atomic mass is 10.6. The normalized spacial score (nSPS) is 26.1. The van der Waals surface area contributed by atoms with Crippen molar-refractivity contribution in [2.45, 2.75) is 5.44 Å². The van der Waals surface area contributed by atoms with E-state index in [0.29, 0.717) is 12.0 Å². The van der Waals surface area contributed by atoms with Crippen LogP contribution in [0.4, 0.5) is 0 Å². The molecule has 0 aromatic rings. The van der Waals surface area contributed by atoms with Gasteiger partial charge in [-0.3, -0.25) is 0 Å². The molecule has 4 heteroatoms. The van der Waals surface area contributed by atoms with Gasteiger partial charge in [0.1, 0.15) is 0 Å². The van der Waals surface area contributed by atoms with Gasteiger partial charge in [-0.05, 0) is 6.08 Å². The van der Waals surface area contributed by atoms with Crippen LogP contribution >= 0.6 is 12.0 Å². The molecule has 8 heavy (non-hydrogen) atoms. The van der Waals surface area contributed by atoms with Crippen molar-refractivity contribution in [3.8, 4) is 0 Å². The molecule has 1 unspecified atom stereocenters. The topological polar surface area (TPSA) is 46.5 Å². The van der Waals surface area contributed by atoms with Gasteiger partial charge >= 0.3 is 5.97 Å². The largest absolute Gasteiger partial charge is 0.441 e. The number of carbonyl (C=O) groups is 1. The van der Waals surface area contributed by atoms with E-state index in [-0.39, 0.29) is 0 Å². The lowest BCUT2D eigenvalue weighted by Crippen LogP contribution is -2.00. The Bertz CT molecular complexity index is 131. The molecule has 1 aliphatic rings. The molecule has 44 valence electrons. The summed E-state index contributed by atoms with van der Waals surface area (Å²) in [4.78, 5) is 10.2. The molecular weight excluding hydrogens is 128 g/mol. The van der Waals surface area contributed by atoms with Crippen molar-refractivity contribution in [3.05, 3.63) is 12.2 Å². The maximum Gasteiger partial charge on any atom is 0.332 e. The Kier molecular flexibility index (Phi) is 1.55. The van der Waals surface area contributed by atoms with Crippen LogP contribution in [0.2, 0.25) is 0 Å². The third-order valence-corrected chi connectivity index (χ3v) is 1.19. The Morgan fingerprint density at radius 1 is 1.88 bits per heavy atom. The molecule has 1 aliphatic heterocycles. The number of rotatable bonds is 1. The van der Waals surface area contributed by atoms with Crippen LogP contribution in [-0.4, -0.2) is 16.0 Å². The first kappa shape index (κ1) is 5.65. The summed E-state index contributed by atoms with van der Waals surface area (Å²) in [6, 6.07) is 0. The summed E-state index contributed by atoms with van der Waals surface area (Å²) in [7, 11) is 0. The van der Waals surface area contributed by atoms with Gasteiger partial charge in [-0.25, -0.2) is 4.79 Å². The highest BCUT2D eigenvalue weighted by Crippen LogP contribution is 2.14. The molecule has 0 saturated carbocycles. The number of cyclic esters (lactones) is 1. The van der Waals surface area contributed by atoms with Crippen LogP contribution in [-0.2, 0) is 9.53 Å². The molecule has 1 heterocycles. The molecule has 0 amide bonds. The van der Waals surface area contributed by atoms with E-state index >= 15 is 0 Å². The predicted octanol–water partition coefficient (Wildman–Crippen LogP) is 0.632. The molecule has 0 aliphatic carbocycles. The molecule has 0 radical (unpaired) electrons. The zero-order chi connectivity index (χ0) is 5.98. The minimum atomic E-state index is -0.484. The number of esters is 1. The standard InChI is InChI=1S/C4H4O3S/c5-3-1-2-4(7-3)8-6/h1-2,4,6H. The number of hydrogen-bond donors (Lipinski definition) is 1. The maximum absolute atomic E-state index is 10.2. The van der Waals surface area contributed by atoms with E-state index in [2.05, 4.69) is 4.74 Å². The van der Waals surface area contributed by atoms with Gasteiger partial charge in [0.2, 0.25) is 0 Å². The average Bonchev–Trinajstić information content (AvgIpc) is 2.14. The highest BCUT2D eigenvalue weighted by atomic mass is 32.2. The SMILES string of the molecule is O=C1C=CC(SO)O1.